The van der Waals surface area contributed by atoms with Gasteiger partial charge in [0, 0.05) is 30.2 Å². The van der Waals surface area contributed by atoms with Gasteiger partial charge in [-0.05, 0) is 38.6 Å². The summed E-state index contributed by atoms with van der Waals surface area (Å²) in [5.74, 6) is 0.757. The van der Waals surface area contributed by atoms with Crippen molar-refractivity contribution in [2.75, 3.05) is 6.54 Å². The van der Waals surface area contributed by atoms with E-state index in [0.717, 1.165) is 25.6 Å². The van der Waals surface area contributed by atoms with Crippen LogP contribution in [0, 0.1) is 5.92 Å². The average molecular weight is 256 g/mol. The molecule has 1 saturated carbocycles. The summed E-state index contributed by atoms with van der Waals surface area (Å²) in [4.78, 5) is 0. The second-order valence-corrected chi connectivity index (χ2v) is 5.58. The first-order valence-corrected chi connectivity index (χ1v) is 7.07. The van der Waals surface area contributed by atoms with Crippen molar-refractivity contribution in [3.63, 3.8) is 0 Å². The predicted molar refractivity (Wildman–Crippen MR) is 71.2 cm³/mol. The van der Waals surface area contributed by atoms with Crippen LogP contribution in [-0.4, -0.2) is 21.7 Å². The number of hydrogen-bond donors (Lipinski definition) is 1. The maximum atomic E-state index is 6.19. The third-order valence-electron chi connectivity index (χ3n) is 3.49. The molecule has 0 radical (unpaired) electrons. The smallest absolute Gasteiger partial charge is 0.0534 e. The summed E-state index contributed by atoms with van der Waals surface area (Å²) in [6, 6.07) is 0. The number of aryl methyl sites for hydroxylation is 1. The van der Waals surface area contributed by atoms with E-state index in [9.17, 15) is 0 Å². The van der Waals surface area contributed by atoms with Gasteiger partial charge in [0.1, 0.15) is 0 Å². The molecule has 4 heteroatoms. The molecule has 0 amide bonds. The maximum absolute atomic E-state index is 6.19. The molecule has 96 valence electrons. The Kier molecular flexibility index (Phi) is 4.86. The Bertz CT molecular complexity index is 337. The molecule has 0 saturated heterocycles. The molecule has 1 fully saturated rings. The highest BCUT2D eigenvalue weighted by Crippen LogP contribution is 2.27. The zero-order valence-corrected chi connectivity index (χ0v) is 11.3. The number of rotatable bonds is 5. The van der Waals surface area contributed by atoms with Gasteiger partial charge in [-0.3, -0.25) is 4.68 Å². The van der Waals surface area contributed by atoms with E-state index in [1.165, 1.54) is 31.2 Å². The summed E-state index contributed by atoms with van der Waals surface area (Å²) < 4.78 is 1.96. The third-order valence-corrected chi connectivity index (χ3v) is 3.89. The molecule has 3 nitrogen and oxygen atoms in total. The van der Waals surface area contributed by atoms with Gasteiger partial charge in [0.15, 0.2) is 0 Å². The normalized spacial score (nSPS) is 25.1. The molecular formula is C13H22ClN3. The molecule has 2 atom stereocenters. The number of aromatic nitrogens is 2. The van der Waals surface area contributed by atoms with E-state index >= 15 is 0 Å². The van der Waals surface area contributed by atoms with E-state index in [1.54, 1.807) is 0 Å². The molecule has 0 bridgehead atoms. The molecule has 0 aliphatic heterocycles. The highest BCUT2D eigenvalue weighted by Gasteiger charge is 2.19. The third kappa shape index (κ3) is 4.00. The average Bonchev–Trinajstić information content (AvgIpc) is 2.77. The van der Waals surface area contributed by atoms with Gasteiger partial charge in [0.05, 0.1) is 6.20 Å². The van der Waals surface area contributed by atoms with E-state index in [-0.39, 0.29) is 0 Å². The van der Waals surface area contributed by atoms with Crippen LogP contribution in [0.25, 0.3) is 0 Å². The molecule has 2 unspecified atom stereocenters. The molecule has 1 aromatic heterocycles. The standard InChI is InChI=1S/C13H22ClN3/c1-2-17-10-12(9-16-17)8-15-7-11-4-3-5-13(14)6-11/h9-11,13,15H,2-8H2,1H3. The van der Waals surface area contributed by atoms with Crippen LogP contribution in [-0.2, 0) is 13.1 Å². The summed E-state index contributed by atoms with van der Waals surface area (Å²) in [6.45, 7) is 5.05. The van der Waals surface area contributed by atoms with E-state index in [2.05, 4.69) is 23.5 Å². The van der Waals surface area contributed by atoms with Gasteiger partial charge in [-0.2, -0.15) is 5.10 Å². The van der Waals surface area contributed by atoms with Crippen LogP contribution >= 0.6 is 11.6 Å². The zero-order valence-electron chi connectivity index (χ0n) is 10.5. The number of alkyl halides is 1. The van der Waals surface area contributed by atoms with Gasteiger partial charge >= 0.3 is 0 Å². The molecular weight excluding hydrogens is 234 g/mol. The van der Waals surface area contributed by atoms with Gasteiger partial charge in [-0.1, -0.05) is 6.42 Å². The van der Waals surface area contributed by atoms with Crippen molar-refractivity contribution in [2.24, 2.45) is 5.92 Å². The van der Waals surface area contributed by atoms with E-state index in [4.69, 9.17) is 11.6 Å². The van der Waals surface area contributed by atoms with Crippen LogP contribution in [0.5, 0.6) is 0 Å². The summed E-state index contributed by atoms with van der Waals surface area (Å²) in [5.41, 5.74) is 1.27. The lowest BCUT2D eigenvalue weighted by Crippen LogP contribution is -2.27. The summed E-state index contributed by atoms with van der Waals surface area (Å²) >= 11 is 6.19. The highest BCUT2D eigenvalue weighted by molar-refractivity contribution is 6.20. The van der Waals surface area contributed by atoms with Crippen LogP contribution in [0.2, 0.25) is 0 Å². The van der Waals surface area contributed by atoms with Crippen LogP contribution in [0.3, 0.4) is 0 Å². The molecule has 1 N–H and O–H groups in total. The minimum absolute atomic E-state index is 0.401. The van der Waals surface area contributed by atoms with Gasteiger partial charge in [-0.25, -0.2) is 0 Å². The van der Waals surface area contributed by atoms with Crippen molar-refractivity contribution in [1.29, 1.82) is 0 Å². The van der Waals surface area contributed by atoms with Crippen LogP contribution in [0.1, 0.15) is 38.2 Å². The van der Waals surface area contributed by atoms with Crippen molar-refractivity contribution in [2.45, 2.75) is 51.1 Å². The molecule has 0 aromatic carbocycles. The molecule has 1 aliphatic rings. The lowest BCUT2D eigenvalue weighted by molar-refractivity contribution is 0.346. The largest absolute Gasteiger partial charge is 0.312 e. The van der Waals surface area contributed by atoms with Gasteiger partial charge in [0.25, 0.3) is 0 Å². The van der Waals surface area contributed by atoms with Crippen LogP contribution in [0.4, 0.5) is 0 Å². The molecule has 2 rings (SSSR count). The first-order chi connectivity index (χ1) is 8.28. The van der Waals surface area contributed by atoms with Crippen LogP contribution < -0.4 is 5.32 Å². The lowest BCUT2D eigenvalue weighted by atomic mass is 9.89. The molecule has 0 spiro atoms. The number of nitrogens with zero attached hydrogens (tertiary/aromatic N) is 2. The van der Waals surface area contributed by atoms with Crippen molar-refractivity contribution in [1.82, 2.24) is 15.1 Å². The Labute approximate surface area is 109 Å². The van der Waals surface area contributed by atoms with Gasteiger partial charge in [0.2, 0.25) is 0 Å². The Morgan fingerprint density at radius 3 is 3.12 bits per heavy atom. The zero-order chi connectivity index (χ0) is 12.1. The predicted octanol–water partition coefficient (Wildman–Crippen LogP) is 2.79. The minimum Gasteiger partial charge on any atom is -0.312 e. The van der Waals surface area contributed by atoms with Crippen molar-refractivity contribution in [3.8, 4) is 0 Å². The second kappa shape index (κ2) is 6.41. The first kappa shape index (κ1) is 12.9. The first-order valence-electron chi connectivity index (χ1n) is 6.64. The van der Waals surface area contributed by atoms with Gasteiger partial charge in [-0.15, -0.1) is 11.6 Å². The number of nitrogens with one attached hydrogen (secondary N) is 1. The minimum atomic E-state index is 0.401. The molecule has 1 heterocycles. The maximum Gasteiger partial charge on any atom is 0.0534 e. The number of hydrogen-bond acceptors (Lipinski definition) is 2. The fourth-order valence-electron chi connectivity index (χ4n) is 2.50. The second-order valence-electron chi connectivity index (χ2n) is 4.97. The Morgan fingerprint density at radius 2 is 2.41 bits per heavy atom. The topological polar surface area (TPSA) is 29.9 Å². The van der Waals surface area contributed by atoms with E-state index in [1.807, 2.05) is 10.9 Å². The fraction of sp³-hybridized carbons (Fsp3) is 0.769. The lowest BCUT2D eigenvalue weighted by Gasteiger charge is -2.25. The SMILES string of the molecule is CCn1cc(CNCC2CCCC(Cl)C2)cn1. The molecule has 17 heavy (non-hydrogen) atoms. The summed E-state index contributed by atoms with van der Waals surface area (Å²) in [7, 11) is 0. The number of halogens is 1. The van der Waals surface area contributed by atoms with Crippen molar-refractivity contribution < 1.29 is 0 Å². The van der Waals surface area contributed by atoms with E-state index in [0.29, 0.717) is 5.38 Å². The Morgan fingerprint density at radius 1 is 1.53 bits per heavy atom. The molecule has 1 aromatic rings. The fourth-order valence-corrected chi connectivity index (χ4v) is 2.91. The Balaban J connectivity index is 1.68. The van der Waals surface area contributed by atoms with Crippen molar-refractivity contribution in [3.05, 3.63) is 18.0 Å². The van der Waals surface area contributed by atoms with Crippen molar-refractivity contribution >= 4 is 11.6 Å². The van der Waals surface area contributed by atoms with Gasteiger partial charge < -0.3 is 5.32 Å². The summed E-state index contributed by atoms with van der Waals surface area (Å²) in [5, 5.41) is 8.19. The summed E-state index contributed by atoms with van der Waals surface area (Å²) in [6.07, 6.45) is 9.03. The molecule has 1 aliphatic carbocycles. The quantitative estimate of drug-likeness (QED) is 0.820. The Hall–Kier alpha value is -0.540. The highest BCUT2D eigenvalue weighted by atomic mass is 35.5. The van der Waals surface area contributed by atoms with E-state index < -0.39 is 0 Å². The monoisotopic (exact) mass is 255 g/mol. The van der Waals surface area contributed by atoms with Crippen LogP contribution in [0.15, 0.2) is 12.4 Å².